The predicted molar refractivity (Wildman–Crippen MR) is 114 cm³/mol. The average molecular weight is 421 g/mol. The second-order valence-electron chi connectivity index (χ2n) is 6.82. The Morgan fingerprint density at radius 2 is 1.79 bits per heavy atom. The quantitative estimate of drug-likeness (QED) is 0.631. The lowest BCUT2D eigenvalue weighted by Gasteiger charge is -2.29. The van der Waals surface area contributed by atoms with Crippen molar-refractivity contribution >= 4 is 21.6 Å². The van der Waals surface area contributed by atoms with Crippen molar-refractivity contribution in [3.8, 4) is 11.5 Å². The number of carbonyl (C=O) groups excluding carboxylic acids is 1. The van der Waals surface area contributed by atoms with Gasteiger partial charge in [-0.05, 0) is 50.1 Å². The number of nitrogens with one attached hydrogen (secondary N) is 1. The van der Waals surface area contributed by atoms with Gasteiger partial charge in [0.15, 0.2) is 11.5 Å². The molecule has 0 bridgehead atoms. The van der Waals surface area contributed by atoms with Crippen LogP contribution >= 0.6 is 0 Å². The molecule has 0 unspecified atom stereocenters. The van der Waals surface area contributed by atoms with Crippen LogP contribution < -0.4 is 19.1 Å². The number of hydrogen-bond acceptors (Lipinski definition) is 5. The number of carbonyl (C=O) groups is 1. The van der Waals surface area contributed by atoms with E-state index in [-0.39, 0.29) is 13.2 Å². The van der Waals surface area contributed by atoms with Gasteiger partial charge in [0.05, 0.1) is 25.6 Å². The van der Waals surface area contributed by atoms with Gasteiger partial charge in [-0.1, -0.05) is 24.3 Å². The van der Waals surface area contributed by atoms with Gasteiger partial charge in [0, 0.05) is 0 Å². The predicted octanol–water partition coefficient (Wildman–Crippen LogP) is 2.66. The lowest BCUT2D eigenvalue weighted by Crippen LogP contribution is -2.48. The fraction of sp³-hybridized carbons (Fsp3) is 0.381. The third-order valence-electron chi connectivity index (χ3n) is 4.42. The summed E-state index contributed by atoms with van der Waals surface area (Å²) in [5.74, 6) is 0.774. The second-order valence-corrected chi connectivity index (χ2v) is 8.67. The first-order valence-electron chi connectivity index (χ1n) is 9.25. The van der Waals surface area contributed by atoms with Crippen LogP contribution in [0, 0.1) is 13.8 Å². The van der Waals surface area contributed by atoms with E-state index in [1.54, 1.807) is 32.2 Å². The number of aryl methyl sites for hydroxylation is 2. The van der Waals surface area contributed by atoms with Gasteiger partial charge in [0.25, 0.3) is 0 Å². The number of para-hydroxylation sites is 2. The van der Waals surface area contributed by atoms with Gasteiger partial charge < -0.3 is 14.8 Å². The van der Waals surface area contributed by atoms with Crippen molar-refractivity contribution in [2.24, 2.45) is 0 Å². The molecule has 0 spiro atoms. The monoisotopic (exact) mass is 420 g/mol. The Bertz CT molecular complexity index is 959. The minimum Gasteiger partial charge on any atom is -0.493 e. The van der Waals surface area contributed by atoms with Crippen LogP contribution in [0.4, 0.5) is 5.69 Å². The molecule has 0 saturated heterocycles. The second kappa shape index (κ2) is 9.65. The number of methoxy groups -OCH3 is 1. The number of benzene rings is 2. The molecule has 0 aliphatic rings. The molecule has 2 aromatic carbocycles. The molecule has 1 amide bonds. The van der Waals surface area contributed by atoms with Crippen LogP contribution in [0.1, 0.15) is 18.1 Å². The summed E-state index contributed by atoms with van der Waals surface area (Å²) in [6.45, 7) is 5.72. The van der Waals surface area contributed by atoms with Gasteiger partial charge in [0.1, 0.15) is 12.6 Å². The van der Waals surface area contributed by atoms with E-state index in [9.17, 15) is 13.2 Å². The maximum atomic E-state index is 12.6. The summed E-state index contributed by atoms with van der Waals surface area (Å²) >= 11 is 0. The fourth-order valence-electron chi connectivity index (χ4n) is 2.96. The third kappa shape index (κ3) is 5.87. The van der Waals surface area contributed by atoms with E-state index >= 15 is 0 Å². The van der Waals surface area contributed by atoms with Crippen LogP contribution in [-0.4, -0.2) is 46.9 Å². The highest BCUT2D eigenvalue weighted by Gasteiger charge is 2.30. The first-order chi connectivity index (χ1) is 13.6. The van der Waals surface area contributed by atoms with E-state index in [0.717, 1.165) is 21.7 Å². The van der Waals surface area contributed by atoms with Crippen molar-refractivity contribution < 1.29 is 22.7 Å². The summed E-state index contributed by atoms with van der Waals surface area (Å²) < 4.78 is 36.9. The molecule has 1 atom stereocenters. The topological polar surface area (TPSA) is 84.9 Å². The summed E-state index contributed by atoms with van der Waals surface area (Å²) in [4.78, 5) is 12.6. The number of nitrogens with zero attached hydrogens (tertiary/aromatic N) is 1. The highest BCUT2D eigenvalue weighted by molar-refractivity contribution is 7.92. The van der Waals surface area contributed by atoms with Crippen LogP contribution in [0.3, 0.4) is 0 Å². The highest BCUT2D eigenvalue weighted by Crippen LogP contribution is 2.27. The minimum absolute atomic E-state index is 0.223. The molecule has 0 radical (unpaired) electrons. The van der Waals surface area contributed by atoms with Gasteiger partial charge in [0.2, 0.25) is 15.9 Å². The Hall–Kier alpha value is -2.74. The maximum Gasteiger partial charge on any atom is 0.243 e. The number of hydrogen-bond donors (Lipinski definition) is 1. The molecule has 0 saturated carbocycles. The SMILES string of the molecule is COc1ccccc1OCCNC(=O)[C@H](C)N(c1cc(C)ccc1C)S(C)(=O)=O. The van der Waals surface area contributed by atoms with Gasteiger partial charge in [-0.15, -0.1) is 0 Å². The first-order valence-corrected chi connectivity index (χ1v) is 11.1. The molecule has 0 fully saturated rings. The molecular weight excluding hydrogens is 392 g/mol. The van der Waals surface area contributed by atoms with E-state index in [4.69, 9.17) is 9.47 Å². The summed E-state index contributed by atoms with van der Waals surface area (Å²) in [5, 5.41) is 2.74. The summed E-state index contributed by atoms with van der Waals surface area (Å²) in [7, 11) is -2.11. The lowest BCUT2D eigenvalue weighted by atomic mass is 10.1. The normalized spacial score (nSPS) is 12.2. The lowest BCUT2D eigenvalue weighted by molar-refractivity contribution is -0.121. The fourth-order valence-corrected chi connectivity index (χ4v) is 4.18. The average Bonchev–Trinajstić information content (AvgIpc) is 2.67. The van der Waals surface area contributed by atoms with Crippen molar-refractivity contribution in [3.05, 3.63) is 53.6 Å². The van der Waals surface area contributed by atoms with E-state index in [0.29, 0.717) is 17.2 Å². The van der Waals surface area contributed by atoms with Crippen LogP contribution in [0.25, 0.3) is 0 Å². The zero-order valence-electron chi connectivity index (χ0n) is 17.4. The summed E-state index contributed by atoms with van der Waals surface area (Å²) in [5.41, 5.74) is 2.19. The Balaban J connectivity index is 2.05. The number of sulfonamides is 1. The molecular formula is C21H28N2O5S. The molecule has 1 N–H and O–H groups in total. The van der Waals surface area contributed by atoms with Crippen LogP contribution in [0.2, 0.25) is 0 Å². The number of rotatable bonds is 9. The van der Waals surface area contributed by atoms with Gasteiger partial charge in [-0.3, -0.25) is 9.10 Å². The molecule has 158 valence electrons. The number of amides is 1. The van der Waals surface area contributed by atoms with Crippen molar-refractivity contribution in [1.29, 1.82) is 0 Å². The molecule has 0 heterocycles. The highest BCUT2D eigenvalue weighted by atomic mass is 32.2. The van der Waals surface area contributed by atoms with Gasteiger partial charge in [-0.25, -0.2) is 8.42 Å². The smallest absolute Gasteiger partial charge is 0.243 e. The zero-order chi connectivity index (χ0) is 21.6. The number of ether oxygens (including phenoxy) is 2. The standard InChI is InChI=1S/C21H28N2O5S/c1-15-10-11-16(2)18(14-15)23(29(5,25)26)17(3)21(24)22-12-13-28-20-9-7-6-8-19(20)27-4/h6-11,14,17H,12-13H2,1-5H3,(H,22,24)/t17-/m0/s1. The van der Waals surface area contributed by atoms with Crippen molar-refractivity contribution in [3.63, 3.8) is 0 Å². The molecule has 8 heteroatoms. The maximum absolute atomic E-state index is 12.6. The van der Waals surface area contributed by atoms with E-state index in [1.165, 1.54) is 0 Å². The number of anilines is 1. The van der Waals surface area contributed by atoms with Crippen LogP contribution in [0.5, 0.6) is 11.5 Å². The Morgan fingerprint density at radius 1 is 1.14 bits per heavy atom. The summed E-state index contributed by atoms with van der Waals surface area (Å²) in [6.07, 6.45) is 1.10. The zero-order valence-corrected chi connectivity index (χ0v) is 18.2. The van der Waals surface area contributed by atoms with E-state index in [2.05, 4.69) is 5.32 Å². The Kier molecular flexibility index (Phi) is 7.50. The minimum atomic E-state index is -3.66. The van der Waals surface area contributed by atoms with Crippen molar-refractivity contribution in [2.75, 3.05) is 30.8 Å². The van der Waals surface area contributed by atoms with Gasteiger partial charge >= 0.3 is 0 Å². The molecule has 7 nitrogen and oxygen atoms in total. The molecule has 0 aliphatic carbocycles. The third-order valence-corrected chi connectivity index (χ3v) is 5.65. The van der Waals surface area contributed by atoms with E-state index in [1.807, 2.05) is 38.1 Å². The van der Waals surface area contributed by atoms with E-state index < -0.39 is 22.0 Å². The van der Waals surface area contributed by atoms with Gasteiger partial charge in [-0.2, -0.15) is 0 Å². The van der Waals surface area contributed by atoms with Crippen molar-refractivity contribution in [1.82, 2.24) is 5.32 Å². The molecule has 0 aromatic heterocycles. The Morgan fingerprint density at radius 3 is 2.41 bits per heavy atom. The molecule has 2 rings (SSSR count). The molecule has 2 aromatic rings. The Labute approximate surface area is 172 Å². The van der Waals surface area contributed by atoms with Crippen molar-refractivity contribution in [2.45, 2.75) is 26.8 Å². The first kappa shape index (κ1) is 22.5. The summed E-state index contributed by atoms with van der Waals surface area (Å²) in [6, 6.07) is 11.8. The molecule has 29 heavy (non-hydrogen) atoms. The van der Waals surface area contributed by atoms with Crippen LogP contribution in [0.15, 0.2) is 42.5 Å². The van der Waals surface area contributed by atoms with Crippen LogP contribution in [-0.2, 0) is 14.8 Å². The molecule has 0 aliphatic heterocycles. The largest absolute Gasteiger partial charge is 0.493 e.